The molecule has 1 N–H and O–H groups in total. The quantitative estimate of drug-likeness (QED) is 0.532. The first-order chi connectivity index (χ1) is 15.7. The Labute approximate surface area is 191 Å². The lowest BCUT2D eigenvalue weighted by Crippen LogP contribution is -2.62. The number of fused-ring (bicyclic) bond motifs is 3. The van der Waals surface area contributed by atoms with E-state index in [-0.39, 0.29) is 31.1 Å². The molecule has 3 fully saturated rings. The topological polar surface area (TPSA) is 105 Å². The predicted octanol–water partition coefficient (Wildman–Crippen LogP) is 3.37. The summed E-state index contributed by atoms with van der Waals surface area (Å²) in [6.07, 6.45) is -2.71. The van der Waals surface area contributed by atoms with Gasteiger partial charge in [0.1, 0.15) is 18.0 Å². The zero-order valence-corrected chi connectivity index (χ0v) is 18.1. The Morgan fingerprint density at radius 2 is 1.82 bits per heavy atom. The number of carbonyl (C=O) groups excluding carboxylic acids is 1. The maximum Gasteiger partial charge on any atom is 0.522 e. The second-order valence-corrected chi connectivity index (χ2v) is 8.31. The fourth-order valence-electron chi connectivity index (χ4n) is 3.88. The van der Waals surface area contributed by atoms with Crippen LogP contribution in [0.4, 0.5) is 13.2 Å². The molecule has 3 aliphatic rings. The number of alkyl halides is 3. The van der Waals surface area contributed by atoms with Crippen LogP contribution < -0.4 is 14.8 Å². The third-order valence-electron chi connectivity index (χ3n) is 5.60. The smallest absolute Gasteiger partial charge is 0.484 e. The van der Waals surface area contributed by atoms with E-state index in [1.54, 1.807) is 24.3 Å². The number of aromatic nitrogens is 2. The Bertz CT molecular complexity index is 944. The van der Waals surface area contributed by atoms with Crippen LogP contribution >= 0.6 is 11.6 Å². The van der Waals surface area contributed by atoms with Crippen LogP contribution in [-0.2, 0) is 19.9 Å². The van der Waals surface area contributed by atoms with Crippen molar-refractivity contribution in [3.63, 3.8) is 0 Å². The third kappa shape index (κ3) is 5.87. The first kappa shape index (κ1) is 23.6. The first-order valence-corrected chi connectivity index (χ1v) is 10.6. The minimum atomic E-state index is -4.73. The molecule has 1 aliphatic carbocycles. The van der Waals surface area contributed by atoms with E-state index >= 15 is 0 Å². The summed E-state index contributed by atoms with van der Waals surface area (Å²) in [5.41, 5.74) is -1.33. The van der Waals surface area contributed by atoms with Crippen molar-refractivity contribution < 1.29 is 41.3 Å². The monoisotopic (exact) mass is 491 g/mol. The van der Waals surface area contributed by atoms with Crippen molar-refractivity contribution in [2.45, 2.75) is 43.2 Å². The molecule has 1 aromatic heterocycles. The van der Waals surface area contributed by atoms with Gasteiger partial charge in [0.05, 0.1) is 18.8 Å². The number of hydrogen-bond donors (Lipinski definition) is 1. The van der Waals surface area contributed by atoms with Crippen molar-refractivity contribution >= 4 is 17.5 Å². The van der Waals surface area contributed by atoms with Crippen molar-refractivity contribution in [2.75, 3.05) is 26.4 Å². The van der Waals surface area contributed by atoms with Gasteiger partial charge in [0.15, 0.2) is 6.61 Å². The molecule has 9 nitrogen and oxygen atoms in total. The zero-order chi connectivity index (χ0) is 23.5. The average molecular weight is 492 g/mol. The molecule has 13 heteroatoms. The molecule has 33 heavy (non-hydrogen) atoms. The highest BCUT2D eigenvalue weighted by atomic mass is 35.5. The second kappa shape index (κ2) is 9.35. The Balaban J connectivity index is 1.26. The number of hydrogen-bond acceptors (Lipinski definition) is 8. The average Bonchev–Trinajstić information content (AvgIpc) is 3.27. The van der Waals surface area contributed by atoms with Crippen molar-refractivity contribution in [2.24, 2.45) is 0 Å². The highest BCUT2D eigenvalue weighted by Crippen LogP contribution is 2.49. The molecule has 0 spiro atoms. The molecule has 2 aromatic rings. The highest BCUT2D eigenvalue weighted by molar-refractivity contribution is 6.30. The molecule has 5 rings (SSSR count). The summed E-state index contributed by atoms with van der Waals surface area (Å²) in [5.74, 6) is 0.464. The van der Waals surface area contributed by atoms with Crippen LogP contribution in [-0.4, -0.2) is 54.4 Å². The standard InChI is InChI=1S/C20H21ClF3N3O6/c21-13-1-3-14(4-2-13)30-11-15(28)25-18-5-7-19(8-6-18,32-12-18)16-26-27-17(33-16)29-9-10-31-20(22,23)24/h1-4H,5-12H2,(H,25,28). The van der Waals surface area contributed by atoms with Gasteiger partial charge >= 0.3 is 12.4 Å². The van der Waals surface area contributed by atoms with E-state index in [0.717, 1.165) is 0 Å². The molecule has 2 bridgehead atoms. The Morgan fingerprint density at radius 3 is 2.45 bits per heavy atom. The van der Waals surface area contributed by atoms with Gasteiger partial charge in [0.25, 0.3) is 11.8 Å². The van der Waals surface area contributed by atoms with Crippen LogP contribution in [0.2, 0.25) is 5.02 Å². The SMILES string of the molecule is O=C(COc1ccc(Cl)cc1)NC12CCC(c3nnc(OCCOC(F)(F)F)o3)(CC1)OC2. The molecule has 0 radical (unpaired) electrons. The Kier molecular flexibility index (Phi) is 6.68. The maximum atomic E-state index is 12.4. The van der Waals surface area contributed by atoms with Gasteiger partial charge in [-0.1, -0.05) is 16.7 Å². The van der Waals surface area contributed by atoms with Crippen LogP contribution in [0.15, 0.2) is 28.7 Å². The molecule has 0 unspecified atom stereocenters. The molecular weight excluding hydrogens is 471 g/mol. The van der Waals surface area contributed by atoms with Gasteiger partial charge in [0, 0.05) is 5.02 Å². The summed E-state index contributed by atoms with van der Waals surface area (Å²) in [5, 5.41) is 11.2. The lowest BCUT2D eigenvalue weighted by atomic mass is 9.71. The number of carbonyl (C=O) groups is 1. The van der Waals surface area contributed by atoms with Gasteiger partial charge in [-0.25, -0.2) is 0 Å². The highest BCUT2D eigenvalue weighted by Gasteiger charge is 2.54. The van der Waals surface area contributed by atoms with Crippen LogP contribution in [0.3, 0.4) is 0 Å². The van der Waals surface area contributed by atoms with E-state index in [9.17, 15) is 18.0 Å². The van der Waals surface area contributed by atoms with E-state index in [2.05, 4.69) is 20.3 Å². The van der Waals surface area contributed by atoms with Crippen molar-refractivity contribution in [3.05, 3.63) is 35.2 Å². The Hall–Kier alpha value is -2.57. The van der Waals surface area contributed by atoms with Crippen LogP contribution in [0.25, 0.3) is 0 Å². The third-order valence-corrected chi connectivity index (χ3v) is 5.85. The molecule has 180 valence electrons. The van der Waals surface area contributed by atoms with Gasteiger partial charge < -0.3 is 23.9 Å². The molecule has 1 aromatic carbocycles. The molecular formula is C20H21ClF3N3O6. The molecule has 1 amide bonds. The predicted molar refractivity (Wildman–Crippen MR) is 106 cm³/mol. The molecule has 1 saturated carbocycles. The normalized spacial score (nSPS) is 24.5. The van der Waals surface area contributed by atoms with Gasteiger partial charge in [-0.15, -0.1) is 18.3 Å². The number of ether oxygens (including phenoxy) is 4. The number of halogens is 4. The summed E-state index contributed by atoms with van der Waals surface area (Å²) < 4.78 is 61.6. The van der Waals surface area contributed by atoms with Crippen molar-refractivity contribution in [3.8, 4) is 11.8 Å². The lowest BCUT2D eigenvalue weighted by molar-refractivity contribution is -0.325. The minimum Gasteiger partial charge on any atom is -0.484 e. The molecule has 2 aliphatic heterocycles. The van der Waals surface area contributed by atoms with Crippen molar-refractivity contribution in [1.82, 2.24) is 15.5 Å². The number of benzene rings is 1. The lowest BCUT2D eigenvalue weighted by Gasteiger charge is -2.51. The summed E-state index contributed by atoms with van der Waals surface area (Å²) >= 11 is 5.83. The van der Waals surface area contributed by atoms with Gasteiger partial charge in [-0.05, 0) is 49.9 Å². The van der Waals surface area contributed by atoms with E-state index in [1.165, 1.54) is 0 Å². The fraction of sp³-hybridized carbons (Fsp3) is 0.550. The van der Waals surface area contributed by atoms with Crippen LogP contribution in [0, 0.1) is 0 Å². The number of nitrogens with one attached hydrogen (secondary N) is 1. The summed E-state index contributed by atoms with van der Waals surface area (Å²) in [4.78, 5) is 12.4. The molecule has 0 atom stereocenters. The van der Waals surface area contributed by atoms with E-state index < -0.39 is 30.7 Å². The minimum absolute atomic E-state index is 0.142. The van der Waals surface area contributed by atoms with Crippen molar-refractivity contribution in [1.29, 1.82) is 0 Å². The summed E-state index contributed by atoms with van der Waals surface area (Å²) in [7, 11) is 0. The van der Waals surface area contributed by atoms with Gasteiger partial charge in [-0.2, -0.15) is 0 Å². The number of amides is 1. The van der Waals surface area contributed by atoms with E-state index in [4.69, 9.17) is 30.2 Å². The summed E-state index contributed by atoms with van der Waals surface area (Å²) in [6, 6.07) is 6.71. The Morgan fingerprint density at radius 1 is 1.09 bits per heavy atom. The van der Waals surface area contributed by atoms with Gasteiger partial charge in [-0.3, -0.25) is 9.53 Å². The number of rotatable bonds is 9. The van der Waals surface area contributed by atoms with E-state index in [0.29, 0.717) is 36.5 Å². The molecule has 3 heterocycles. The van der Waals surface area contributed by atoms with Gasteiger partial charge in [0.2, 0.25) is 0 Å². The first-order valence-electron chi connectivity index (χ1n) is 10.2. The maximum absolute atomic E-state index is 12.4. The summed E-state index contributed by atoms with van der Waals surface area (Å²) in [6.45, 7) is -0.996. The van der Waals surface area contributed by atoms with Crippen LogP contribution in [0.1, 0.15) is 31.6 Å². The zero-order valence-electron chi connectivity index (χ0n) is 17.3. The number of nitrogens with zero attached hydrogens (tertiary/aromatic N) is 2. The van der Waals surface area contributed by atoms with E-state index in [1.807, 2.05) is 0 Å². The second-order valence-electron chi connectivity index (χ2n) is 7.87. The molecule has 2 saturated heterocycles. The largest absolute Gasteiger partial charge is 0.522 e. The fourth-order valence-corrected chi connectivity index (χ4v) is 4.01. The van der Waals surface area contributed by atoms with Crippen LogP contribution in [0.5, 0.6) is 11.8 Å².